The van der Waals surface area contributed by atoms with Crippen LogP contribution < -0.4 is 15.5 Å². The average Bonchev–Trinajstić information content (AvgIpc) is 3.33. The molecule has 1 heterocycles. The molecule has 0 saturated heterocycles. The summed E-state index contributed by atoms with van der Waals surface area (Å²) in [5.41, 5.74) is 8.74. The maximum atomic E-state index is 14.6. The van der Waals surface area contributed by atoms with Crippen molar-refractivity contribution in [3.05, 3.63) is 81.7 Å². The van der Waals surface area contributed by atoms with Crippen molar-refractivity contribution in [2.24, 2.45) is 5.73 Å². The van der Waals surface area contributed by atoms with Gasteiger partial charge in [0.25, 0.3) is 5.91 Å². The third kappa shape index (κ3) is 6.79. The summed E-state index contributed by atoms with van der Waals surface area (Å²) in [4.78, 5) is 18.9. The van der Waals surface area contributed by atoms with Crippen LogP contribution in [0.5, 0.6) is 5.75 Å². The molecule has 0 atom stereocenters. The van der Waals surface area contributed by atoms with Gasteiger partial charge in [0.05, 0.1) is 22.2 Å². The molecule has 0 spiro atoms. The number of nitrogens with zero attached hydrogens (tertiary/aromatic N) is 1. The molecule has 0 bridgehead atoms. The number of allylic oxidation sites excluding steroid dienone is 3. The lowest BCUT2D eigenvalue weighted by Crippen LogP contribution is -2.62. The molecule has 214 valence electrons. The summed E-state index contributed by atoms with van der Waals surface area (Å²) in [6.07, 6.45) is 8.46. The fourth-order valence-electron chi connectivity index (χ4n) is 4.87. The molecule has 5 nitrogen and oxygen atoms in total. The van der Waals surface area contributed by atoms with Gasteiger partial charge in [0.1, 0.15) is 29.3 Å². The number of carbonyl (C=O) groups is 1. The van der Waals surface area contributed by atoms with Crippen LogP contribution in [-0.4, -0.2) is 43.3 Å². The van der Waals surface area contributed by atoms with Gasteiger partial charge >= 0.3 is 0 Å². The second-order valence-electron chi connectivity index (χ2n) is 9.29. The Morgan fingerprint density at radius 2 is 1.88 bits per heavy atom. The lowest BCUT2D eigenvalue weighted by atomic mass is 9.90. The van der Waals surface area contributed by atoms with E-state index in [1.807, 2.05) is 51.4 Å². The minimum absolute atomic E-state index is 0.0325. The first-order chi connectivity index (χ1) is 19.3. The van der Waals surface area contributed by atoms with Crippen LogP contribution >= 0.6 is 22.9 Å². The molecule has 1 saturated carbocycles. The largest absolute Gasteiger partial charge is 0.496 e. The number of halogens is 3. The summed E-state index contributed by atoms with van der Waals surface area (Å²) in [5, 5.41) is -0.128. The standard InChI is InChI=1S/C29H30ClF2N3O2S.C2H6/c1-4-17(13-14-34-2)18-5-12-24(37-3)19(15-18)16-35(21-8-6-20(33)7-9-21)29(36)28-26(30)25-22(31)10-11-23(32)27(25)38-28;1-2/h4-5,10-15,20-21H,1,6-9,16,33H2,2-3H3;1-2H3/p+1/b17-13+,34-14?;. The number of carbonyl (C=O) groups excluding carboxylic acids is 1. The maximum Gasteiger partial charge on any atom is 0.266 e. The molecule has 0 unspecified atom stereocenters. The predicted octanol–water partition coefficient (Wildman–Crippen LogP) is 6.13. The van der Waals surface area contributed by atoms with Gasteiger partial charge in [-0.2, -0.15) is 0 Å². The van der Waals surface area contributed by atoms with Gasteiger partial charge in [-0.25, -0.2) is 8.78 Å². The number of hydrogen-bond donors (Lipinski definition) is 2. The Hall–Kier alpha value is -3.07. The Balaban J connectivity index is 0.00000216. The van der Waals surface area contributed by atoms with Crippen LogP contribution in [0.15, 0.2) is 49.1 Å². The summed E-state index contributed by atoms with van der Waals surface area (Å²) < 4.78 is 34.8. The molecule has 0 aliphatic heterocycles. The first kappa shape index (κ1) is 31.5. The highest BCUT2D eigenvalue weighted by atomic mass is 35.5. The van der Waals surface area contributed by atoms with Crippen molar-refractivity contribution in [2.75, 3.05) is 14.2 Å². The average molecular weight is 589 g/mol. The highest BCUT2D eigenvalue weighted by molar-refractivity contribution is 7.21. The molecule has 0 radical (unpaired) electrons. The van der Waals surface area contributed by atoms with E-state index in [1.165, 1.54) is 0 Å². The Labute approximate surface area is 244 Å². The normalized spacial score (nSPS) is 17.4. The van der Waals surface area contributed by atoms with Crippen LogP contribution in [0, 0.1) is 11.6 Å². The van der Waals surface area contributed by atoms with Crippen LogP contribution in [0.3, 0.4) is 0 Å². The van der Waals surface area contributed by atoms with E-state index >= 15 is 0 Å². The number of methoxy groups -OCH3 is 1. The van der Waals surface area contributed by atoms with Crippen molar-refractivity contribution in [1.29, 1.82) is 0 Å². The first-order valence-corrected chi connectivity index (χ1v) is 14.6. The Morgan fingerprint density at radius 1 is 1.20 bits per heavy atom. The molecule has 1 aromatic heterocycles. The maximum absolute atomic E-state index is 14.6. The van der Waals surface area contributed by atoms with Crippen LogP contribution in [0.1, 0.15) is 60.3 Å². The van der Waals surface area contributed by atoms with E-state index in [0.29, 0.717) is 5.75 Å². The van der Waals surface area contributed by atoms with Gasteiger partial charge in [-0.1, -0.05) is 44.2 Å². The van der Waals surface area contributed by atoms with Crippen LogP contribution in [0.4, 0.5) is 8.78 Å². The van der Waals surface area contributed by atoms with Gasteiger partial charge in [0.15, 0.2) is 6.21 Å². The van der Waals surface area contributed by atoms with Crippen molar-refractivity contribution >= 4 is 50.7 Å². The Kier molecular flexibility index (Phi) is 11.4. The van der Waals surface area contributed by atoms with Gasteiger partial charge in [-0.3, -0.25) is 9.79 Å². The molecule has 1 fully saturated rings. The Morgan fingerprint density at radius 3 is 2.48 bits per heavy atom. The van der Waals surface area contributed by atoms with Gasteiger partial charge in [0, 0.05) is 30.3 Å². The van der Waals surface area contributed by atoms with Gasteiger partial charge in [0.2, 0.25) is 0 Å². The minimum Gasteiger partial charge on any atom is -0.496 e. The number of hydrogen-bond acceptors (Lipinski definition) is 4. The fourth-order valence-corrected chi connectivity index (χ4v) is 6.37. The van der Waals surface area contributed by atoms with E-state index in [-0.39, 0.29) is 44.5 Å². The van der Waals surface area contributed by atoms with Crippen LogP contribution in [0.2, 0.25) is 5.02 Å². The number of nitrogens with two attached hydrogens (primary N) is 1. The van der Waals surface area contributed by atoms with E-state index in [1.54, 1.807) is 18.1 Å². The molecule has 1 aliphatic rings. The first-order valence-electron chi connectivity index (χ1n) is 13.4. The zero-order valence-electron chi connectivity index (χ0n) is 23.4. The summed E-state index contributed by atoms with van der Waals surface area (Å²) in [5.74, 6) is -1.02. The summed E-state index contributed by atoms with van der Waals surface area (Å²) >= 11 is 7.39. The quantitative estimate of drug-likeness (QED) is 0.246. The summed E-state index contributed by atoms with van der Waals surface area (Å²) in [6.45, 7) is 8.15. The highest BCUT2D eigenvalue weighted by Gasteiger charge is 2.32. The highest BCUT2D eigenvalue weighted by Crippen LogP contribution is 2.40. The van der Waals surface area contributed by atoms with Gasteiger partial charge in [-0.05, 0) is 61.1 Å². The zero-order chi connectivity index (χ0) is 29.4. The van der Waals surface area contributed by atoms with E-state index in [0.717, 1.165) is 65.9 Å². The van der Waals surface area contributed by atoms with Crippen LogP contribution in [0.25, 0.3) is 15.7 Å². The number of fused-ring (bicyclic) bond motifs is 1. The van der Waals surface area contributed by atoms with Gasteiger partial charge < -0.3 is 15.4 Å². The number of benzene rings is 2. The number of thiophene rings is 1. The van der Waals surface area contributed by atoms with Crippen molar-refractivity contribution in [2.45, 2.75) is 58.2 Å². The summed E-state index contributed by atoms with van der Waals surface area (Å²) in [7, 11) is 3.39. The lowest BCUT2D eigenvalue weighted by molar-refractivity contribution is -0.413. The van der Waals surface area contributed by atoms with E-state index in [4.69, 9.17) is 22.1 Å². The molecule has 3 N–H and O–H groups in total. The molecule has 1 amide bonds. The molecule has 40 heavy (non-hydrogen) atoms. The molecule has 1 aliphatic carbocycles. The SMILES string of the molecule is C=C/C(=C\C=[NH+]C)c1ccc(OC)c(CN(C(=O)c2sc3c(F)ccc(F)c3c2Cl)C2CCC(N)CC2)c1.CC. The second kappa shape index (κ2) is 14.5. The molecular formula is C31H37ClF2N3O2S+. The van der Waals surface area contributed by atoms with Crippen molar-refractivity contribution in [1.82, 2.24) is 4.90 Å². The van der Waals surface area contributed by atoms with Crippen LogP contribution in [-0.2, 0) is 6.54 Å². The van der Waals surface area contributed by atoms with E-state index < -0.39 is 11.6 Å². The molecular weight excluding hydrogens is 552 g/mol. The molecule has 9 heteroatoms. The minimum atomic E-state index is -0.659. The second-order valence-corrected chi connectivity index (χ2v) is 10.7. The molecule has 3 aromatic rings. The number of rotatable bonds is 8. The number of ether oxygens (including phenoxy) is 1. The molecule has 2 aromatic carbocycles. The zero-order valence-corrected chi connectivity index (χ0v) is 25.0. The third-order valence-electron chi connectivity index (χ3n) is 6.92. The fraction of sp³-hybridized carbons (Fsp3) is 0.355. The topological polar surface area (TPSA) is 69.5 Å². The third-order valence-corrected chi connectivity index (χ3v) is 8.60. The van der Waals surface area contributed by atoms with Crippen molar-refractivity contribution in [3.8, 4) is 5.75 Å². The monoisotopic (exact) mass is 588 g/mol. The van der Waals surface area contributed by atoms with Crippen molar-refractivity contribution < 1.29 is 23.3 Å². The lowest BCUT2D eigenvalue weighted by Gasteiger charge is -2.36. The van der Waals surface area contributed by atoms with Gasteiger partial charge in [-0.15, -0.1) is 11.3 Å². The molecule has 4 rings (SSSR count). The Bertz CT molecular complexity index is 1410. The van der Waals surface area contributed by atoms with Crippen molar-refractivity contribution in [3.63, 3.8) is 0 Å². The van der Waals surface area contributed by atoms with E-state index in [9.17, 15) is 13.6 Å². The summed E-state index contributed by atoms with van der Waals surface area (Å²) in [6, 6.07) is 7.80. The number of amides is 1. The predicted molar refractivity (Wildman–Crippen MR) is 162 cm³/mol. The van der Waals surface area contributed by atoms with E-state index in [2.05, 4.69) is 11.6 Å². The number of nitrogens with one attached hydrogen (secondary N) is 1. The smallest absolute Gasteiger partial charge is 0.266 e.